The van der Waals surface area contributed by atoms with Gasteiger partial charge in [-0.25, -0.2) is 16.8 Å². The van der Waals surface area contributed by atoms with Gasteiger partial charge in [0.15, 0.2) is 9.84 Å². The van der Waals surface area contributed by atoms with Crippen molar-refractivity contribution in [2.75, 3.05) is 10.1 Å². The number of rotatable bonds is 4. The highest BCUT2D eigenvalue weighted by Crippen LogP contribution is 2.33. The third-order valence-electron chi connectivity index (χ3n) is 4.60. The molecule has 0 unspecified atom stereocenters. The summed E-state index contributed by atoms with van der Waals surface area (Å²) in [5.74, 6) is -0.258. The van der Waals surface area contributed by atoms with Crippen molar-refractivity contribution in [3.63, 3.8) is 0 Å². The molecule has 0 aliphatic carbocycles. The summed E-state index contributed by atoms with van der Waals surface area (Å²) in [5, 5.41) is 1.10. The van der Waals surface area contributed by atoms with Crippen LogP contribution in [0.4, 0.5) is 5.69 Å². The van der Waals surface area contributed by atoms with Crippen LogP contribution in [0.3, 0.4) is 0 Å². The molecular weight excluding hydrogens is 370 g/mol. The van der Waals surface area contributed by atoms with Crippen molar-refractivity contribution in [3.05, 3.63) is 70.6 Å². The molecular formula is C19H21NO4S2. The minimum atomic E-state index is -3.93. The number of nitrogens with zero attached hydrogens (tertiary/aromatic N) is 1. The Hall–Kier alpha value is -2.12. The van der Waals surface area contributed by atoms with Gasteiger partial charge in [0.05, 0.1) is 22.4 Å². The van der Waals surface area contributed by atoms with Gasteiger partial charge < -0.3 is 0 Å². The van der Waals surface area contributed by atoms with Crippen molar-refractivity contribution in [3.8, 4) is 0 Å². The highest BCUT2D eigenvalue weighted by molar-refractivity contribution is 7.95. The van der Waals surface area contributed by atoms with Crippen LogP contribution in [0.5, 0.6) is 0 Å². The van der Waals surface area contributed by atoms with Crippen LogP contribution in [0.2, 0.25) is 0 Å². The van der Waals surface area contributed by atoms with Crippen molar-refractivity contribution in [2.24, 2.45) is 0 Å². The van der Waals surface area contributed by atoms with Crippen LogP contribution in [-0.2, 0) is 19.9 Å². The smallest absolute Gasteiger partial charge is 0.258 e. The quantitative estimate of drug-likeness (QED) is 0.803. The van der Waals surface area contributed by atoms with E-state index in [1.165, 1.54) is 10.4 Å². The average Bonchev–Trinajstić information content (AvgIpc) is 2.91. The van der Waals surface area contributed by atoms with Crippen LogP contribution in [0.25, 0.3) is 0 Å². The summed E-state index contributed by atoms with van der Waals surface area (Å²) in [6, 6.07) is 11.2. The highest BCUT2D eigenvalue weighted by atomic mass is 32.2. The van der Waals surface area contributed by atoms with Gasteiger partial charge in [0, 0.05) is 5.41 Å². The van der Waals surface area contributed by atoms with E-state index in [1.807, 2.05) is 26.8 Å². The van der Waals surface area contributed by atoms with Crippen molar-refractivity contribution < 1.29 is 16.8 Å². The van der Waals surface area contributed by atoms with Gasteiger partial charge in [-0.05, 0) is 56.2 Å². The Morgan fingerprint density at radius 1 is 1.00 bits per heavy atom. The lowest BCUT2D eigenvalue weighted by Gasteiger charge is -2.30. The Kier molecular flexibility index (Phi) is 4.71. The minimum Gasteiger partial charge on any atom is -0.258 e. The van der Waals surface area contributed by atoms with Gasteiger partial charge in [-0.1, -0.05) is 29.8 Å². The molecule has 138 valence electrons. The summed E-state index contributed by atoms with van der Waals surface area (Å²) in [6.45, 7) is 5.62. The van der Waals surface area contributed by atoms with E-state index in [4.69, 9.17) is 0 Å². The van der Waals surface area contributed by atoms with E-state index in [0.29, 0.717) is 5.69 Å². The Labute approximate surface area is 154 Å². The summed E-state index contributed by atoms with van der Waals surface area (Å²) in [6.07, 6.45) is 1.45. The molecule has 0 aromatic heterocycles. The molecule has 0 saturated carbocycles. The molecule has 1 atom stereocenters. The number of sulfonamides is 1. The zero-order valence-electron chi connectivity index (χ0n) is 14.9. The molecule has 0 radical (unpaired) electrons. The van der Waals surface area contributed by atoms with Crippen LogP contribution in [0, 0.1) is 20.8 Å². The van der Waals surface area contributed by atoms with Crippen molar-refractivity contribution in [1.82, 2.24) is 0 Å². The third kappa shape index (κ3) is 3.41. The summed E-state index contributed by atoms with van der Waals surface area (Å²) in [7, 11) is -7.33. The van der Waals surface area contributed by atoms with E-state index in [9.17, 15) is 16.8 Å². The Bertz CT molecular complexity index is 1070. The zero-order chi connectivity index (χ0) is 19.1. The first-order chi connectivity index (χ1) is 12.1. The third-order valence-corrected chi connectivity index (χ3v) is 7.83. The number of hydrogen-bond donors (Lipinski definition) is 0. The predicted molar refractivity (Wildman–Crippen MR) is 103 cm³/mol. The molecule has 0 saturated heterocycles. The first-order valence-electron chi connectivity index (χ1n) is 8.20. The molecule has 1 aliphatic rings. The summed E-state index contributed by atoms with van der Waals surface area (Å²) in [4.78, 5) is 0.140. The number of aryl methyl sites for hydroxylation is 2. The lowest BCUT2D eigenvalue weighted by Crippen LogP contribution is -2.41. The SMILES string of the molecule is Cc1ccc(S(=O)(=O)N(c2cccc(C)c2C)[C@H]2C=CS(=O)(=O)C2)cc1. The Morgan fingerprint density at radius 3 is 2.23 bits per heavy atom. The monoisotopic (exact) mass is 391 g/mol. The lowest BCUT2D eigenvalue weighted by atomic mass is 10.1. The highest BCUT2D eigenvalue weighted by Gasteiger charge is 2.36. The van der Waals surface area contributed by atoms with E-state index in [2.05, 4.69) is 0 Å². The average molecular weight is 392 g/mol. The number of anilines is 1. The maximum Gasteiger partial charge on any atom is 0.264 e. The fraction of sp³-hybridized carbons (Fsp3) is 0.263. The van der Waals surface area contributed by atoms with Gasteiger partial charge in [-0.15, -0.1) is 0 Å². The van der Waals surface area contributed by atoms with Gasteiger partial charge in [-0.3, -0.25) is 4.31 Å². The van der Waals surface area contributed by atoms with Crippen molar-refractivity contribution in [1.29, 1.82) is 0 Å². The molecule has 3 rings (SSSR count). The standard InChI is InChI=1S/C19H21NO4S2/c1-14-7-9-18(10-8-14)26(23,24)20(17-11-12-25(21,22)13-17)19-6-4-5-15(2)16(19)3/h4-12,17H,13H2,1-3H3/t17-/m0/s1. The summed E-state index contributed by atoms with van der Waals surface area (Å²) >= 11 is 0. The molecule has 1 heterocycles. The van der Waals surface area contributed by atoms with E-state index >= 15 is 0 Å². The number of benzene rings is 2. The fourth-order valence-electron chi connectivity index (χ4n) is 2.99. The molecule has 0 bridgehead atoms. The number of hydrogen-bond acceptors (Lipinski definition) is 4. The molecule has 0 fully saturated rings. The fourth-order valence-corrected chi connectivity index (χ4v) is 6.02. The van der Waals surface area contributed by atoms with E-state index < -0.39 is 25.9 Å². The molecule has 5 nitrogen and oxygen atoms in total. The number of sulfone groups is 1. The summed E-state index contributed by atoms with van der Waals surface area (Å²) < 4.78 is 51.9. The zero-order valence-corrected chi connectivity index (χ0v) is 16.5. The largest absolute Gasteiger partial charge is 0.264 e. The molecule has 0 spiro atoms. The van der Waals surface area contributed by atoms with Crippen molar-refractivity contribution in [2.45, 2.75) is 31.7 Å². The molecule has 1 aliphatic heterocycles. The maximum atomic E-state index is 13.4. The molecule has 0 amide bonds. The van der Waals surface area contributed by atoms with Gasteiger partial charge in [0.25, 0.3) is 10.0 Å². The van der Waals surface area contributed by atoms with Crippen LogP contribution < -0.4 is 4.31 Å². The molecule has 2 aromatic carbocycles. The Balaban J connectivity index is 2.19. The van der Waals surface area contributed by atoms with Crippen LogP contribution >= 0.6 is 0 Å². The molecule has 26 heavy (non-hydrogen) atoms. The van der Waals surface area contributed by atoms with E-state index in [1.54, 1.807) is 36.4 Å². The first-order valence-corrected chi connectivity index (χ1v) is 11.4. The lowest BCUT2D eigenvalue weighted by molar-refractivity contribution is 0.586. The maximum absolute atomic E-state index is 13.4. The van der Waals surface area contributed by atoms with E-state index in [0.717, 1.165) is 22.1 Å². The second kappa shape index (κ2) is 6.55. The van der Waals surface area contributed by atoms with Gasteiger partial charge in [0.2, 0.25) is 0 Å². The van der Waals surface area contributed by atoms with Crippen LogP contribution in [-0.4, -0.2) is 28.6 Å². The molecule has 2 aromatic rings. The minimum absolute atomic E-state index is 0.140. The van der Waals surface area contributed by atoms with Crippen LogP contribution in [0.1, 0.15) is 16.7 Å². The molecule has 7 heteroatoms. The Morgan fingerprint density at radius 2 is 1.65 bits per heavy atom. The topological polar surface area (TPSA) is 71.5 Å². The second-order valence-electron chi connectivity index (χ2n) is 6.56. The van der Waals surface area contributed by atoms with Gasteiger partial charge >= 0.3 is 0 Å². The van der Waals surface area contributed by atoms with E-state index in [-0.39, 0.29) is 10.6 Å². The first kappa shape index (κ1) is 18.7. The molecule has 0 N–H and O–H groups in total. The second-order valence-corrected chi connectivity index (χ2v) is 10.3. The predicted octanol–water partition coefficient (Wildman–Crippen LogP) is 3.12. The normalized spacial score (nSPS) is 18.8. The summed E-state index contributed by atoms with van der Waals surface area (Å²) in [5.41, 5.74) is 3.19. The van der Waals surface area contributed by atoms with Gasteiger partial charge in [0.1, 0.15) is 0 Å². The van der Waals surface area contributed by atoms with Crippen LogP contribution in [0.15, 0.2) is 58.8 Å². The van der Waals surface area contributed by atoms with Crippen molar-refractivity contribution >= 4 is 25.5 Å². The van der Waals surface area contributed by atoms with Gasteiger partial charge in [-0.2, -0.15) is 0 Å².